The van der Waals surface area contributed by atoms with Gasteiger partial charge in [-0.3, -0.25) is 4.79 Å². The van der Waals surface area contributed by atoms with E-state index in [4.69, 9.17) is 11.6 Å². The van der Waals surface area contributed by atoms with Crippen molar-refractivity contribution in [3.8, 4) is 11.8 Å². The molecule has 0 atom stereocenters. The third kappa shape index (κ3) is 3.81. The summed E-state index contributed by atoms with van der Waals surface area (Å²) >= 11 is 6.03. The largest absolute Gasteiger partial charge is 0.329 e. The molecule has 1 saturated heterocycles. The van der Waals surface area contributed by atoms with Crippen LogP contribution in [0.1, 0.15) is 42.0 Å². The topological polar surface area (TPSA) is 33.2 Å². The average molecular weight is 365 g/mol. The van der Waals surface area contributed by atoms with Crippen molar-refractivity contribution in [1.82, 2.24) is 9.88 Å². The van der Waals surface area contributed by atoms with Crippen LogP contribution in [-0.4, -0.2) is 27.9 Å². The molecule has 2 aromatic rings. The fourth-order valence-electron chi connectivity index (χ4n) is 3.18. The fraction of sp³-hybridized carbons (Fsp3) is 0.273. The predicted octanol–water partition coefficient (Wildman–Crippen LogP) is 4.65. The molecular formula is C22H21ClN2O. The number of pyridine rings is 1. The number of benzene rings is 1. The Morgan fingerprint density at radius 3 is 2.77 bits per heavy atom. The van der Waals surface area contributed by atoms with Gasteiger partial charge < -0.3 is 4.90 Å². The lowest BCUT2D eigenvalue weighted by Crippen LogP contribution is -2.43. The number of carbonyl (C=O) groups excluding carboxylic acids is 1. The fourth-order valence-corrected chi connectivity index (χ4v) is 3.37. The molecule has 3 rings (SSSR count). The first-order valence-corrected chi connectivity index (χ1v) is 8.98. The van der Waals surface area contributed by atoms with E-state index in [9.17, 15) is 4.79 Å². The molecule has 1 aliphatic heterocycles. The van der Waals surface area contributed by atoms with Crippen LogP contribution in [0.15, 0.2) is 54.1 Å². The van der Waals surface area contributed by atoms with Gasteiger partial charge in [0.1, 0.15) is 5.69 Å². The number of allylic oxidation sites excluding steroid dienone is 1. The Bertz CT molecular complexity index is 934. The van der Waals surface area contributed by atoms with E-state index in [0.717, 1.165) is 23.4 Å². The molecule has 4 heteroatoms. The number of carbonyl (C=O) groups is 1. The average Bonchev–Trinajstić information content (AvgIpc) is 2.89. The van der Waals surface area contributed by atoms with Crippen LogP contribution in [0.4, 0.5) is 0 Å². The molecule has 2 heterocycles. The maximum atomic E-state index is 12.9. The summed E-state index contributed by atoms with van der Waals surface area (Å²) in [4.78, 5) is 19.2. The first-order chi connectivity index (χ1) is 12.4. The second kappa shape index (κ2) is 7.35. The van der Waals surface area contributed by atoms with Gasteiger partial charge in [-0.05, 0) is 75.1 Å². The van der Waals surface area contributed by atoms with Crippen LogP contribution < -0.4 is 0 Å². The minimum atomic E-state index is -0.381. The van der Waals surface area contributed by atoms with Crippen molar-refractivity contribution in [2.75, 3.05) is 6.54 Å². The van der Waals surface area contributed by atoms with Crippen molar-refractivity contribution < 1.29 is 4.79 Å². The zero-order valence-corrected chi connectivity index (χ0v) is 16.0. The summed E-state index contributed by atoms with van der Waals surface area (Å²) in [6.45, 7) is 6.74. The van der Waals surface area contributed by atoms with Crippen LogP contribution in [-0.2, 0) is 0 Å². The lowest BCUT2D eigenvalue weighted by Gasteiger charge is -2.32. The molecule has 1 amide bonds. The van der Waals surface area contributed by atoms with Crippen LogP contribution in [0.25, 0.3) is 0 Å². The minimum Gasteiger partial charge on any atom is -0.329 e. The van der Waals surface area contributed by atoms with Crippen LogP contribution >= 0.6 is 11.6 Å². The van der Waals surface area contributed by atoms with Crippen LogP contribution in [0, 0.1) is 18.8 Å². The van der Waals surface area contributed by atoms with Gasteiger partial charge in [-0.2, -0.15) is 0 Å². The molecule has 1 aliphatic rings. The van der Waals surface area contributed by atoms with E-state index < -0.39 is 0 Å². The third-order valence-corrected chi connectivity index (χ3v) is 4.95. The minimum absolute atomic E-state index is 0.00536. The third-order valence-electron chi connectivity index (χ3n) is 4.72. The molecule has 0 bridgehead atoms. The van der Waals surface area contributed by atoms with E-state index >= 15 is 0 Å². The van der Waals surface area contributed by atoms with Crippen molar-refractivity contribution in [1.29, 1.82) is 0 Å². The monoisotopic (exact) mass is 364 g/mol. The van der Waals surface area contributed by atoms with E-state index in [1.54, 1.807) is 24.3 Å². The van der Waals surface area contributed by atoms with Crippen LogP contribution in [0.5, 0.6) is 0 Å². The Balaban J connectivity index is 1.81. The summed E-state index contributed by atoms with van der Waals surface area (Å²) in [6.07, 6.45) is 2.74. The number of amides is 1. The van der Waals surface area contributed by atoms with Gasteiger partial charge in [0, 0.05) is 22.8 Å². The second-order valence-corrected chi connectivity index (χ2v) is 7.32. The van der Waals surface area contributed by atoms with E-state index in [-0.39, 0.29) is 11.4 Å². The Morgan fingerprint density at radius 2 is 2.04 bits per heavy atom. The van der Waals surface area contributed by atoms with Crippen molar-refractivity contribution in [2.24, 2.45) is 0 Å². The maximum absolute atomic E-state index is 12.9. The summed E-state index contributed by atoms with van der Waals surface area (Å²) in [5, 5.41) is 0.570. The van der Waals surface area contributed by atoms with Gasteiger partial charge in [0.15, 0.2) is 0 Å². The van der Waals surface area contributed by atoms with Gasteiger partial charge in [-0.25, -0.2) is 4.98 Å². The van der Waals surface area contributed by atoms with Crippen molar-refractivity contribution >= 4 is 17.5 Å². The number of nitrogens with zero attached hydrogens (tertiary/aromatic N) is 2. The van der Waals surface area contributed by atoms with Crippen LogP contribution in [0.3, 0.4) is 0 Å². The molecule has 3 nitrogen and oxygen atoms in total. The van der Waals surface area contributed by atoms with Gasteiger partial charge in [0.25, 0.3) is 5.91 Å². The second-order valence-electron chi connectivity index (χ2n) is 6.88. The van der Waals surface area contributed by atoms with Gasteiger partial charge in [-0.15, -0.1) is 0 Å². The molecule has 0 spiro atoms. The summed E-state index contributed by atoms with van der Waals surface area (Å²) < 4.78 is 0. The first-order valence-electron chi connectivity index (χ1n) is 8.60. The van der Waals surface area contributed by atoms with Gasteiger partial charge in [0.05, 0.1) is 5.54 Å². The van der Waals surface area contributed by atoms with E-state index in [2.05, 4.69) is 30.7 Å². The Hall–Kier alpha value is -2.57. The number of aryl methyl sites for hydroxylation is 1. The van der Waals surface area contributed by atoms with E-state index in [1.165, 1.54) is 0 Å². The molecule has 1 aromatic carbocycles. The SMILES string of the molecule is Cc1cccc(C#C/C=C2\CCN(C(=O)c3cccc(Cl)c3)C2(C)C)n1. The molecule has 26 heavy (non-hydrogen) atoms. The molecule has 0 saturated carbocycles. The highest BCUT2D eigenvalue weighted by Crippen LogP contribution is 2.35. The van der Waals surface area contributed by atoms with E-state index in [0.29, 0.717) is 17.1 Å². The lowest BCUT2D eigenvalue weighted by atomic mass is 9.94. The molecule has 1 fully saturated rings. The summed E-state index contributed by atoms with van der Waals surface area (Å²) in [5.41, 5.74) is 3.08. The Labute approximate surface area is 159 Å². The summed E-state index contributed by atoms with van der Waals surface area (Å²) in [7, 11) is 0. The van der Waals surface area contributed by atoms with Crippen molar-refractivity contribution in [2.45, 2.75) is 32.7 Å². The zero-order chi connectivity index (χ0) is 18.7. The molecule has 1 aromatic heterocycles. The number of halogens is 1. The quantitative estimate of drug-likeness (QED) is 0.690. The van der Waals surface area contributed by atoms with Crippen LogP contribution in [0.2, 0.25) is 5.02 Å². The highest BCUT2D eigenvalue weighted by molar-refractivity contribution is 6.30. The summed E-state index contributed by atoms with van der Waals surface area (Å²) in [6, 6.07) is 12.9. The standard InChI is InChI=1S/C22H21ClN2O/c1-16-7-4-11-20(24-16)12-6-9-18-13-14-25(22(18,2)3)21(26)17-8-5-10-19(23)15-17/h4-5,7-11,15H,13-14H2,1-3H3/b18-9+. The smallest absolute Gasteiger partial charge is 0.254 e. The highest BCUT2D eigenvalue weighted by atomic mass is 35.5. The van der Waals surface area contributed by atoms with E-state index in [1.807, 2.05) is 36.1 Å². The van der Waals surface area contributed by atoms with Gasteiger partial charge in [-0.1, -0.05) is 29.7 Å². The number of hydrogen-bond donors (Lipinski definition) is 0. The number of likely N-dealkylation sites (tertiary alicyclic amines) is 1. The molecule has 0 unspecified atom stereocenters. The predicted molar refractivity (Wildman–Crippen MR) is 105 cm³/mol. The number of aromatic nitrogens is 1. The van der Waals surface area contributed by atoms with Crippen molar-refractivity contribution in [3.63, 3.8) is 0 Å². The summed E-state index contributed by atoms with van der Waals surface area (Å²) in [5.74, 6) is 6.17. The van der Waals surface area contributed by atoms with Crippen molar-refractivity contribution in [3.05, 3.63) is 76.1 Å². The van der Waals surface area contributed by atoms with Gasteiger partial charge in [0.2, 0.25) is 0 Å². The molecule has 132 valence electrons. The molecular weight excluding hydrogens is 344 g/mol. The molecule has 0 N–H and O–H groups in total. The normalized spacial score (nSPS) is 17.1. The van der Waals surface area contributed by atoms with Gasteiger partial charge >= 0.3 is 0 Å². The maximum Gasteiger partial charge on any atom is 0.254 e. The Morgan fingerprint density at radius 1 is 1.27 bits per heavy atom. The number of rotatable bonds is 1. The molecule has 0 radical (unpaired) electrons. The molecule has 0 aliphatic carbocycles. The zero-order valence-electron chi connectivity index (χ0n) is 15.2. The first kappa shape index (κ1) is 18.2. The number of hydrogen-bond acceptors (Lipinski definition) is 2. The Kier molecular flexibility index (Phi) is 5.15. The highest BCUT2D eigenvalue weighted by Gasteiger charge is 2.39. The lowest BCUT2D eigenvalue weighted by molar-refractivity contribution is 0.0678.